The Labute approximate surface area is 218 Å². The second-order valence-electron chi connectivity index (χ2n) is 9.91. The zero-order valence-electron chi connectivity index (χ0n) is 21.1. The predicted molar refractivity (Wildman–Crippen MR) is 149 cm³/mol. The Kier molecular flexibility index (Phi) is 7.49. The van der Waals surface area contributed by atoms with Crippen molar-refractivity contribution in [2.75, 3.05) is 13.9 Å². The summed E-state index contributed by atoms with van der Waals surface area (Å²) >= 11 is 3.79. The van der Waals surface area contributed by atoms with Crippen LogP contribution in [0.5, 0.6) is 5.75 Å². The van der Waals surface area contributed by atoms with Crippen LogP contribution in [0.15, 0.2) is 102 Å². The highest BCUT2D eigenvalue weighted by atomic mass is 79.9. The van der Waals surface area contributed by atoms with Crippen LogP contribution in [0.3, 0.4) is 0 Å². The second kappa shape index (κ2) is 10.4. The molecule has 4 rings (SSSR count). The fourth-order valence-electron chi connectivity index (χ4n) is 4.64. The molecule has 4 aromatic carbocycles. The molecule has 0 atom stereocenters. The van der Waals surface area contributed by atoms with Crippen molar-refractivity contribution >= 4 is 15.9 Å². The molecule has 0 saturated heterocycles. The smallest absolute Gasteiger partial charge is 0.188 e. The van der Waals surface area contributed by atoms with E-state index in [2.05, 4.69) is 135 Å². The average molecular weight is 530 g/mol. The summed E-state index contributed by atoms with van der Waals surface area (Å²) in [4.78, 5) is 0. The summed E-state index contributed by atoms with van der Waals surface area (Å²) in [6.07, 6.45) is 0. The minimum atomic E-state index is -0.302. The zero-order valence-corrected chi connectivity index (χ0v) is 22.7. The van der Waals surface area contributed by atoms with Gasteiger partial charge in [0.1, 0.15) is 5.75 Å². The van der Waals surface area contributed by atoms with Gasteiger partial charge in [0.05, 0.1) is 0 Å². The number of rotatable bonds is 8. The van der Waals surface area contributed by atoms with Gasteiger partial charge in [0.15, 0.2) is 6.79 Å². The molecule has 0 aliphatic rings. The van der Waals surface area contributed by atoms with Gasteiger partial charge in [-0.3, -0.25) is 0 Å². The summed E-state index contributed by atoms with van der Waals surface area (Å²) in [5.74, 6) is 0.847. The van der Waals surface area contributed by atoms with Crippen LogP contribution in [0.2, 0.25) is 0 Å². The van der Waals surface area contributed by atoms with Crippen LogP contribution in [0.25, 0.3) is 11.1 Å². The second-order valence-corrected chi connectivity index (χ2v) is 10.8. The van der Waals surface area contributed by atoms with Crippen molar-refractivity contribution in [2.24, 2.45) is 0 Å². The van der Waals surface area contributed by atoms with Crippen LogP contribution in [-0.2, 0) is 15.6 Å². The van der Waals surface area contributed by atoms with Crippen LogP contribution in [0.1, 0.15) is 49.9 Å². The van der Waals surface area contributed by atoms with Crippen LogP contribution in [0, 0.1) is 0 Å². The fourth-order valence-corrected chi connectivity index (χ4v) is 5.14. The van der Waals surface area contributed by atoms with Gasteiger partial charge in [0, 0.05) is 33.5 Å². The van der Waals surface area contributed by atoms with Crippen LogP contribution >= 0.6 is 15.9 Å². The maximum absolute atomic E-state index is 6.37. The Hall–Kier alpha value is -2.88. The van der Waals surface area contributed by atoms with E-state index in [0.29, 0.717) is 0 Å². The Morgan fingerprint density at radius 1 is 0.629 bits per heavy atom. The number of benzene rings is 4. The Morgan fingerprint density at radius 3 is 1.74 bits per heavy atom. The number of methoxy groups -OCH3 is 1. The van der Waals surface area contributed by atoms with Crippen molar-refractivity contribution in [2.45, 2.75) is 38.5 Å². The molecule has 3 heteroatoms. The molecule has 0 aliphatic carbocycles. The van der Waals surface area contributed by atoms with Gasteiger partial charge < -0.3 is 9.47 Å². The quantitative estimate of drug-likeness (QED) is 0.213. The molecule has 0 unspecified atom stereocenters. The first-order valence-electron chi connectivity index (χ1n) is 11.9. The Bertz CT molecular complexity index is 1280. The Balaban J connectivity index is 2.06. The van der Waals surface area contributed by atoms with E-state index in [1.807, 2.05) is 6.07 Å². The van der Waals surface area contributed by atoms with Crippen molar-refractivity contribution < 1.29 is 9.47 Å². The summed E-state index contributed by atoms with van der Waals surface area (Å²) in [5.41, 5.74) is 6.50. The molecule has 180 valence electrons. The third-order valence-corrected chi connectivity index (χ3v) is 7.65. The molecule has 0 bridgehead atoms. The highest BCUT2D eigenvalue weighted by Gasteiger charge is 2.33. The van der Waals surface area contributed by atoms with E-state index in [0.717, 1.165) is 26.9 Å². The SMILES string of the molecule is COCOc1c(-c2ccccc2Br)cc(C(C)(C)c2ccccc2)cc1C(C)(C)c1ccccc1. The Morgan fingerprint density at radius 2 is 1.17 bits per heavy atom. The van der Waals surface area contributed by atoms with E-state index in [1.165, 1.54) is 16.7 Å². The molecule has 0 N–H and O–H groups in total. The summed E-state index contributed by atoms with van der Waals surface area (Å²) in [7, 11) is 1.66. The fraction of sp³-hybridized carbons (Fsp3) is 0.250. The minimum absolute atomic E-state index is 0.177. The van der Waals surface area contributed by atoms with E-state index < -0.39 is 0 Å². The highest BCUT2D eigenvalue weighted by molar-refractivity contribution is 9.10. The summed E-state index contributed by atoms with van der Waals surface area (Å²) in [6.45, 7) is 9.28. The van der Waals surface area contributed by atoms with Crippen molar-refractivity contribution in [3.63, 3.8) is 0 Å². The molecule has 0 radical (unpaired) electrons. The summed E-state index contributed by atoms with van der Waals surface area (Å²) in [6, 6.07) is 34.2. The van der Waals surface area contributed by atoms with Gasteiger partial charge in [-0.15, -0.1) is 0 Å². The van der Waals surface area contributed by atoms with E-state index in [1.54, 1.807) is 7.11 Å². The van der Waals surface area contributed by atoms with Crippen molar-refractivity contribution in [3.8, 4) is 16.9 Å². The number of hydrogen-bond donors (Lipinski definition) is 0. The molecule has 35 heavy (non-hydrogen) atoms. The van der Waals surface area contributed by atoms with Gasteiger partial charge in [0.2, 0.25) is 0 Å². The number of halogens is 1. The molecular formula is C32H33BrO2. The minimum Gasteiger partial charge on any atom is -0.467 e. The molecule has 4 aromatic rings. The summed E-state index contributed by atoms with van der Waals surface area (Å²) < 4.78 is 12.8. The van der Waals surface area contributed by atoms with Crippen molar-refractivity contribution in [3.05, 3.63) is 124 Å². The number of hydrogen-bond acceptors (Lipinski definition) is 2. The van der Waals surface area contributed by atoms with Crippen LogP contribution in [0.4, 0.5) is 0 Å². The molecule has 0 spiro atoms. The van der Waals surface area contributed by atoms with Gasteiger partial charge in [-0.05, 0) is 34.4 Å². The van der Waals surface area contributed by atoms with Crippen molar-refractivity contribution in [1.29, 1.82) is 0 Å². The normalized spacial score (nSPS) is 11.9. The monoisotopic (exact) mass is 528 g/mol. The van der Waals surface area contributed by atoms with E-state index in [4.69, 9.17) is 9.47 Å². The standard InChI is InChI=1S/C32H33BrO2/c1-31(2,23-14-8-6-9-15-23)25-20-27(26-18-12-13-19-29(26)33)30(35-22-34-5)28(21-25)32(3,4)24-16-10-7-11-17-24/h6-21H,22H2,1-5H3. The van der Waals surface area contributed by atoms with E-state index >= 15 is 0 Å². The van der Waals surface area contributed by atoms with Gasteiger partial charge in [-0.2, -0.15) is 0 Å². The first-order valence-corrected chi connectivity index (χ1v) is 12.7. The maximum atomic E-state index is 6.37. The molecule has 0 amide bonds. The topological polar surface area (TPSA) is 18.5 Å². The van der Waals surface area contributed by atoms with Crippen LogP contribution < -0.4 is 4.74 Å². The zero-order chi connectivity index (χ0) is 25.1. The van der Waals surface area contributed by atoms with Gasteiger partial charge >= 0.3 is 0 Å². The van der Waals surface area contributed by atoms with Gasteiger partial charge in [-0.1, -0.05) is 129 Å². The lowest BCUT2D eigenvalue weighted by atomic mass is 9.71. The van der Waals surface area contributed by atoms with Gasteiger partial charge in [-0.25, -0.2) is 0 Å². The lowest BCUT2D eigenvalue weighted by Gasteiger charge is -2.34. The predicted octanol–water partition coefficient (Wildman–Crippen LogP) is 8.75. The molecular weight excluding hydrogens is 496 g/mol. The summed E-state index contributed by atoms with van der Waals surface area (Å²) in [5, 5.41) is 0. The van der Waals surface area contributed by atoms with Crippen LogP contribution in [-0.4, -0.2) is 13.9 Å². The average Bonchev–Trinajstić information content (AvgIpc) is 2.88. The van der Waals surface area contributed by atoms with E-state index in [-0.39, 0.29) is 17.6 Å². The first-order chi connectivity index (χ1) is 16.8. The molecule has 0 saturated carbocycles. The lowest BCUT2D eigenvalue weighted by molar-refractivity contribution is 0.0503. The molecule has 0 fully saturated rings. The number of ether oxygens (including phenoxy) is 2. The molecule has 0 aromatic heterocycles. The lowest BCUT2D eigenvalue weighted by Crippen LogP contribution is -2.24. The third-order valence-electron chi connectivity index (χ3n) is 6.96. The van der Waals surface area contributed by atoms with Crippen molar-refractivity contribution in [1.82, 2.24) is 0 Å². The van der Waals surface area contributed by atoms with E-state index in [9.17, 15) is 0 Å². The largest absolute Gasteiger partial charge is 0.467 e. The highest BCUT2D eigenvalue weighted by Crippen LogP contribution is 2.47. The maximum Gasteiger partial charge on any atom is 0.188 e. The molecule has 0 aliphatic heterocycles. The van der Waals surface area contributed by atoms with Gasteiger partial charge in [0.25, 0.3) is 0 Å². The first kappa shape index (κ1) is 25.2. The third kappa shape index (κ3) is 5.07. The molecule has 0 heterocycles. The molecule has 2 nitrogen and oxygen atoms in total.